The molecule has 2 rings (SSSR count). The molecule has 0 aromatic carbocycles. The highest BCUT2D eigenvalue weighted by atomic mass is 127. The quantitative estimate of drug-likeness (QED) is 0.394. The third kappa shape index (κ3) is 5.73. The number of aromatic nitrogens is 3. The SMILES string of the molecule is CCNC(=NCc1c(C)nn(C)c1C)NCCc1ncc(C)s1.I. The van der Waals surface area contributed by atoms with Crippen molar-refractivity contribution in [3.8, 4) is 0 Å². The van der Waals surface area contributed by atoms with Crippen LogP contribution in [-0.2, 0) is 20.0 Å². The van der Waals surface area contributed by atoms with E-state index < -0.39 is 0 Å². The maximum Gasteiger partial charge on any atom is 0.191 e. The van der Waals surface area contributed by atoms with Crippen LogP contribution in [0, 0.1) is 20.8 Å². The van der Waals surface area contributed by atoms with Crippen LogP contribution in [0.1, 0.15) is 33.8 Å². The molecule has 0 radical (unpaired) electrons. The van der Waals surface area contributed by atoms with E-state index in [1.807, 2.05) is 24.9 Å². The Labute approximate surface area is 165 Å². The molecule has 2 N–H and O–H groups in total. The maximum absolute atomic E-state index is 4.68. The molecule has 2 heterocycles. The standard InChI is InChI=1S/C16H26N6S.HI/c1-6-17-16(18-8-7-15-19-9-11(2)23-15)20-10-14-12(3)21-22(5)13(14)4;/h9H,6-8,10H2,1-5H3,(H2,17,18,20);1H. The summed E-state index contributed by atoms with van der Waals surface area (Å²) in [5, 5.41) is 12.3. The molecule has 6 nitrogen and oxygen atoms in total. The van der Waals surface area contributed by atoms with E-state index in [-0.39, 0.29) is 24.0 Å². The first-order valence-corrected chi connectivity index (χ1v) is 8.75. The van der Waals surface area contributed by atoms with Gasteiger partial charge in [0.05, 0.1) is 17.2 Å². The molecule has 0 aliphatic carbocycles. The zero-order valence-corrected chi connectivity index (χ0v) is 18.2. The molecule has 134 valence electrons. The number of halogens is 1. The van der Waals surface area contributed by atoms with Crippen molar-refractivity contribution in [3.63, 3.8) is 0 Å². The van der Waals surface area contributed by atoms with Crippen LogP contribution in [0.15, 0.2) is 11.2 Å². The highest BCUT2D eigenvalue weighted by Crippen LogP contribution is 2.13. The van der Waals surface area contributed by atoms with Gasteiger partial charge in [-0.25, -0.2) is 9.98 Å². The van der Waals surface area contributed by atoms with Crippen LogP contribution >= 0.6 is 35.3 Å². The lowest BCUT2D eigenvalue weighted by Crippen LogP contribution is -2.38. The van der Waals surface area contributed by atoms with Crippen LogP contribution in [0.3, 0.4) is 0 Å². The van der Waals surface area contributed by atoms with Gasteiger partial charge in [0, 0.05) is 48.9 Å². The molecule has 0 atom stereocenters. The summed E-state index contributed by atoms with van der Waals surface area (Å²) in [6.07, 6.45) is 2.83. The number of hydrogen-bond donors (Lipinski definition) is 2. The van der Waals surface area contributed by atoms with Gasteiger partial charge in [-0.1, -0.05) is 0 Å². The van der Waals surface area contributed by atoms with Crippen LogP contribution < -0.4 is 10.6 Å². The molecule has 8 heteroatoms. The van der Waals surface area contributed by atoms with Gasteiger partial charge in [-0.2, -0.15) is 5.10 Å². The van der Waals surface area contributed by atoms with Crippen molar-refractivity contribution in [1.29, 1.82) is 0 Å². The molecule has 0 fully saturated rings. The van der Waals surface area contributed by atoms with Crippen LogP contribution in [0.2, 0.25) is 0 Å². The summed E-state index contributed by atoms with van der Waals surface area (Å²) < 4.78 is 1.91. The minimum atomic E-state index is 0. The molecule has 2 aromatic rings. The Balaban J connectivity index is 0.00000288. The molecule has 0 saturated heterocycles. The minimum Gasteiger partial charge on any atom is -0.357 e. The first kappa shape index (κ1) is 20.9. The van der Waals surface area contributed by atoms with E-state index >= 15 is 0 Å². The minimum absolute atomic E-state index is 0. The Morgan fingerprint density at radius 2 is 2.04 bits per heavy atom. The Kier molecular flexibility index (Phi) is 8.68. The number of thiazole rings is 1. The van der Waals surface area contributed by atoms with Gasteiger partial charge in [0.1, 0.15) is 0 Å². The summed E-state index contributed by atoms with van der Waals surface area (Å²) >= 11 is 1.75. The third-order valence-corrected chi connectivity index (χ3v) is 4.67. The summed E-state index contributed by atoms with van der Waals surface area (Å²) in [6, 6.07) is 0. The van der Waals surface area contributed by atoms with Crippen molar-refractivity contribution in [3.05, 3.63) is 33.0 Å². The zero-order chi connectivity index (χ0) is 16.8. The number of guanidine groups is 1. The topological polar surface area (TPSA) is 67.1 Å². The van der Waals surface area contributed by atoms with E-state index in [0.29, 0.717) is 6.54 Å². The molecule has 24 heavy (non-hydrogen) atoms. The summed E-state index contributed by atoms with van der Waals surface area (Å²) in [7, 11) is 1.97. The Bertz CT molecular complexity index is 676. The van der Waals surface area contributed by atoms with E-state index in [1.165, 1.54) is 16.1 Å². The fourth-order valence-electron chi connectivity index (χ4n) is 2.35. The molecule has 2 aromatic heterocycles. The summed E-state index contributed by atoms with van der Waals surface area (Å²) in [6.45, 7) is 10.6. The average Bonchev–Trinajstić information content (AvgIpc) is 3.01. The lowest BCUT2D eigenvalue weighted by molar-refractivity contribution is 0.730. The second-order valence-electron chi connectivity index (χ2n) is 5.51. The van der Waals surface area contributed by atoms with E-state index in [1.54, 1.807) is 11.3 Å². The van der Waals surface area contributed by atoms with Crippen molar-refractivity contribution < 1.29 is 0 Å². The van der Waals surface area contributed by atoms with Crippen molar-refractivity contribution in [2.24, 2.45) is 12.0 Å². The summed E-state index contributed by atoms with van der Waals surface area (Å²) in [4.78, 5) is 10.3. The number of hydrogen-bond acceptors (Lipinski definition) is 4. The normalized spacial score (nSPS) is 11.3. The Morgan fingerprint density at radius 3 is 2.58 bits per heavy atom. The largest absolute Gasteiger partial charge is 0.357 e. The first-order valence-electron chi connectivity index (χ1n) is 7.93. The Hall–Kier alpha value is -1.16. The zero-order valence-electron chi connectivity index (χ0n) is 15.0. The third-order valence-electron chi connectivity index (χ3n) is 3.70. The molecule has 0 aliphatic heterocycles. The highest BCUT2D eigenvalue weighted by Gasteiger charge is 2.09. The summed E-state index contributed by atoms with van der Waals surface area (Å²) in [5.41, 5.74) is 3.41. The number of aliphatic imine (C=N–C) groups is 1. The van der Waals surface area contributed by atoms with Crippen LogP contribution in [0.4, 0.5) is 0 Å². The van der Waals surface area contributed by atoms with Crippen molar-refractivity contribution in [1.82, 2.24) is 25.4 Å². The van der Waals surface area contributed by atoms with Gasteiger partial charge in [0.2, 0.25) is 0 Å². The van der Waals surface area contributed by atoms with E-state index in [4.69, 9.17) is 0 Å². The van der Waals surface area contributed by atoms with E-state index in [9.17, 15) is 0 Å². The van der Waals surface area contributed by atoms with Gasteiger partial charge in [0.15, 0.2) is 5.96 Å². The molecule has 0 amide bonds. The lowest BCUT2D eigenvalue weighted by atomic mass is 10.2. The predicted molar refractivity (Wildman–Crippen MR) is 111 cm³/mol. The van der Waals surface area contributed by atoms with Gasteiger partial charge in [-0.3, -0.25) is 4.68 Å². The van der Waals surface area contributed by atoms with Crippen LogP contribution in [0.25, 0.3) is 0 Å². The molecule has 0 saturated carbocycles. The smallest absolute Gasteiger partial charge is 0.191 e. The van der Waals surface area contributed by atoms with Crippen molar-refractivity contribution in [2.75, 3.05) is 13.1 Å². The van der Waals surface area contributed by atoms with Gasteiger partial charge >= 0.3 is 0 Å². The molecular weight excluding hydrogens is 435 g/mol. The first-order chi connectivity index (χ1) is 11.0. The van der Waals surface area contributed by atoms with Crippen molar-refractivity contribution in [2.45, 2.75) is 40.7 Å². The number of nitrogens with zero attached hydrogens (tertiary/aromatic N) is 4. The molecule has 0 spiro atoms. The van der Waals surface area contributed by atoms with Crippen molar-refractivity contribution >= 4 is 41.3 Å². The maximum atomic E-state index is 4.68. The number of nitrogens with one attached hydrogen (secondary N) is 2. The van der Waals surface area contributed by atoms with E-state index in [0.717, 1.165) is 36.2 Å². The average molecular weight is 462 g/mol. The lowest BCUT2D eigenvalue weighted by Gasteiger charge is -2.10. The molecule has 0 bridgehead atoms. The van der Waals surface area contributed by atoms with Gasteiger partial charge in [-0.15, -0.1) is 35.3 Å². The molecular formula is C16H27IN6S. The second-order valence-corrected chi connectivity index (χ2v) is 6.83. The fraction of sp³-hybridized carbons (Fsp3) is 0.562. The number of rotatable bonds is 6. The molecule has 0 unspecified atom stereocenters. The van der Waals surface area contributed by atoms with Crippen LogP contribution in [0.5, 0.6) is 0 Å². The van der Waals surface area contributed by atoms with E-state index in [2.05, 4.69) is 46.5 Å². The predicted octanol–water partition coefficient (Wildman–Crippen LogP) is 2.72. The number of aryl methyl sites for hydroxylation is 3. The summed E-state index contributed by atoms with van der Waals surface area (Å²) in [5.74, 6) is 0.837. The fourth-order valence-corrected chi connectivity index (χ4v) is 3.14. The highest BCUT2D eigenvalue weighted by molar-refractivity contribution is 14.0. The van der Waals surface area contributed by atoms with Crippen LogP contribution in [-0.4, -0.2) is 33.8 Å². The van der Waals surface area contributed by atoms with Gasteiger partial charge in [-0.05, 0) is 27.7 Å². The second kappa shape index (κ2) is 9.97. The Morgan fingerprint density at radius 1 is 1.29 bits per heavy atom. The monoisotopic (exact) mass is 462 g/mol. The molecule has 0 aliphatic rings. The van der Waals surface area contributed by atoms with Gasteiger partial charge < -0.3 is 10.6 Å². The van der Waals surface area contributed by atoms with Gasteiger partial charge in [0.25, 0.3) is 0 Å².